The minimum Gasteiger partial charge on any atom is -0.492 e. The summed E-state index contributed by atoms with van der Waals surface area (Å²) in [6, 6.07) is 5.78. The Balaban J connectivity index is 1.89. The fraction of sp³-hybridized carbons (Fsp3) is 0.611. The minimum absolute atomic E-state index is 0.365. The van der Waals surface area contributed by atoms with E-state index < -0.39 is 5.60 Å². The van der Waals surface area contributed by atoms with Crippen LogP contribution in [0.15, 0.2) is 18.2 Å². The molecule has 4 nitrogen and oxygen atoms in total. The van der Waals surface area contributed by atoms with Gasteiger partial charge in [0.25, 0.3) is 0 Å². The third kappa shape index (κ3) is 6.10. The van der Waals surface area contributed by atoms with Crippen molar-refractivity contribution >= 4 is 29.5 Å². The third-order valence-corrected chi connectivity index (χ3v) is 4.56. The number of amides is 1. The van der Waals surface area contributed by atoms with Crippen LogP contribution in [0.25, 0.3) is 0 Å². The molecule has 134 valence electrons. The highest BCUT2D eigenvalue weighted by Gasteiger charge is 2.40. The van der Waals surface area contributed by atoms with E-state index in [2.05, 4.69) is 11.6 Å². The molecular weight excluding hydrogens is 346 g/mol. The number of alkyl carbamates (subject to hydrolysis) is 1. The number of hydrogen-bond donors (Lipinski definition) is 1. The molecular formula is C18H26ClNO3S. The van der Waals surface area contributed by atoms with Gasteiger partial charge in [-0.15, -0.1) is 0 Å². The van der Waals surface area contributed by atoms with Gasteiger partial charge in [0.05, 0.1) is 6.61 Å². The van der Waals surface area contributed by atoms with Gasteiger partial charge in [0.15, 0.2) is 0 Å². The number of rotatable bonds is 7. The van der Waals surface area contributed by atoms with Crippen molar-refractivity contribution in [2.24, 2.45) is 5.92 Å². The zero-order valence-corrected chi connectivity index (χ0v) is 16.3. The SMILES string of the molecule is CSCCOc1ccc(Cl)cc1C1CC1CNC(=O)OC(C)(C)C. The van der Waals surface area contributed by atoms with E-state index >= 15 is 0 Å². The van der Waals surface area contributed by atoms with Gasteiger partial charge in [0.2, 0.25) is 0 Å². The summed E-state index contributed by atoms with van der Waals surface area (Å²) in [6.45, 7) is 6.86. The molecule has 0 spiro atoms. The lowest BCUT2D eigenvalue weighted by Gasteiger charge is -2.19. The molecule has 0 radical (unpaired) electrons. The normalized spacial score (nSPS) is 19.7. The van der Waals surface area contributed by atoms with Crippen LogP contribution in [-0.4, -0.2) is 36.9 Å². The molecule has 1 amide bonds. The molecule has 24 heavy (non-hydrogen) atoms. The van der Waals surface area contributed by atoms with Crippen LogP contribution in [0.3, 0.4) is 0 Å². The van der Waals surface area contributed by atoms with Crippen LogP contribution in [0.5, 0.6) is 5.75 Å². The topological polar surface area (TPSA) is 47.6 Å². The van der Waals surface area contributed by atoms with Crippen LogP contribution in [0.2, 0.25) is 5.02 Å². The lowest BCUT2D eigenvalue weighted by molar-refractivity contribution is 0.0525. The zero-order chi connectivity index (χ0) is 17.7. The van der Waals surface area contributed by atoms with Crippen LogP contribution in [-0.2, 0) is 4.74 Å². The molecule has 1 N–H and O–H groups in total. The van der Waals surface area contributed by atoms with Crippen LogP contribution < -0.4 is 10.1 Å². The van der Waals surface area contributed by atoms with Crippen molar-refractivity contribution in [3.05, 3.63) is 28.8 Å². The van der Waals surface area contributed by atoms with Crippen LogP contribution in [0.1, 0.15) is 38.7 Å². The van der Waals surface area contributed by atoms with Gasteiger partial charge in [-0.2, -0.15) is 11.8 Å². The third-order valence-electron chi connectivity index (χ3n) is 3.75. The highest BCUT2D eigenvalue weighted by Crippen LogP contribution is 2.50. The molecule has 0 aliphatic heterocycles. The number of ether oxygens (including phenoxy) is 2. The molecule has 0 saturated heterocycles. The molecule has 1 fully saturated rings. The molecule has 1 aromatic carbocycles. The van der Waals surface area contributed by atoms with Gasteiger partial charge in [-0.25, -0.2) is 4.79 Å². The molecule has 1 aliphatic rings. The van der Waals surface area contributed by atoms with Crippen molar-refractivity contribution in [1.29, 1.82) is 0 Å². The Morgan fingerprint density at radius 2 is 2.17 bits per heavy atom. The molecule has 0 heterocycles. The summed E-state index contributed by atoms with van der Waals surface area (Å²) in [7, 11) is 0. The molecule has 2 rings (SSSR count). The van der Waals surface area contributed by atoms with Gasteiger partial charge in [-0.05, 0) is 69.0 Å². The number of hydrogen-bond acceptors (Lipinski definition) is 4. The average Bonchev–Trinajstić information content (AvgIpc) is 3.24. The summed E-state index contributed by atoms with van der Waals surface area (Å²) in [5.41, 5.74) is 0.665. The predicted octanol–water partition coefficient (Wildman–Crippen LogP) is 4.71. The Labute approximate surface area is 153 Å². The van der Waals surface area contributed by atoms with Crippen molar-refractivity contribution in [2.45, 2.75) is 38.7 Å². The van der Waals surface area contributed by atoms with Gasteiger partial charge in [0.1, 0.15) is 11.4 Å². The first-order valence-corrected chi connectivity index (χ1v) is 9.95. The van der Waals surface area contributed by atoms with Crippen LogP contribution >= 0.6 is 23.4 Å². The quantitative estimate of drug-likeness (QED) is 0.705. The molecule has 1 aliphatic carbocycles. The Morgan fingerprint density at radius 3 is 2.83 bits per heavy atom. The summed E-state index contributed by atoms with van der Waals surface area (Å²) >= 11 is 7.91. The van der Waals surface area contributed by atoms with E-state index in [1.807, 2.05) is 39.0 Å². The summed E-state index contributed by atoms with van der Waals surface area (Å²) in [5.74, 6) is 2.64. The van der Waals surface area contributed by atoms with Gasteiger partial charge in [-0.1, -0.05) is 11.6 Å². The maximum Gasteiger partial charge on any atom is 0.407 e. The number of thioether (sulfide) groups is 1. The van der Waals surface area contributed by atoms with E-state index in [4.69, 9.17) is 21.1 Å². The lowest BCUT2D eigenvalue weighted by atomic mass is 10.1. The first-order chi connectivity index (χ1) is 11.3. The fourth-order valence-electron chi connectivity index (χ4n) is 2.56. The number of nitrogens with one attached hydrogen (secondary N) is 1. The predicted molar refractivity (Wildman–Crippen MR) is 100 cm³/mol. The number of carbonyl (C=O) groups is 1. The van der Waals surface area contributed by atoms with E-state index in [1.54, 1.807) is 11.8 Å². The summed E-state index contributed by atoms with van der Waals surface area (Å²) < 4.78 is 11.1. The second kappa shape index (κ2) is 8.34. The number of benzene rings is 1. The Kier molecular flexibility index (Phi) is 6.70. The number of carbonyl (C=O) groups excluding carboxylic acids is 1. The van der Waals surface area contributed by atoms with E-state index in [0.29, 0.717) is 30.0 Å². The van der Waals surface area contributed by atoms with Gasteiger partial charge >= 0.3 is 6.09 Å². The van der Waals surface area contributed by atoms with Crippen LogP contribution in [0.4, 0.5) is 4.79 Å². The van der Waals surface area contributed by atoms with Crippen molar-refractivity contribution in [1.82, 2.24) is 5.32 Å². The minimum atomic E-state index is -0.474. The maximum absolute atomic E-state index is 11.7. The van der Waals surface area contributed by atoms with Crippen LogP contribution in [0, 0.1) is 5.92 Å². The first-order valence-electron chi connectivity index (χ1n) is 8.18. The van der Waals surface area contributed by atoms with Gasteiger partial charge < -0.3 is 14.8 Å². The Morgan fingerprint density at radius 1 is 1.42 bits per heavy atom. The van der Waals surface area contributed by atoms with Crippen molar-refractivity contribution in [3.63, 3.8) is 0 Å². The molecule has 1 saturated carbocycles. The standard InChI is InChI=1S/C18H26ClNO3S/c1-18(2,3)23-17(21)20-11-12-9-14(12)15-10-13(19)5-6-16(15)22-7-8-24-4/h5-6,10,12,14H,7-9,11H2,1-4H3,(H,20,21). The van der Waals surface area contributed by atoms with Gasteiger partial charge in [0, 0.05) is 17.3 Å². The molecule has 2 atom stereocenters. The Bertz CT molecular complexity index is 574. The second-order valence-corrected chi connectivity index (χ2v) is 8.43. The lowest BCUT2D eigenvalue weighted by Crippen LogP contribution is -2.33. The Hall–Kier alpha value is -1.07. The molecule has 0 aromatic heterocycles. The maximum atomic E-state index is 11.7. The largest absolute Gasteiger partial charge is 0.492 e. The van der Waals surface area contributed by atoms with E-state index in [9.17, 15) is 4.79 Å². The zero-order valence-electron chi connectivity index (χ0n) is 14.7. The summed E-state index contributed by atoms with van der Waals surface area (Å²) in [4.78, 5) is 11.7. The molecule has 1 aromatic rings. The second-order valence-electron chi connectivity index (χ2n) is 7.01. The number of halogens is 1. The van der Waals surface area contributed by atoms with Crippen molar-refractivity contribution < 1.29 is 14.3 Å². The van der Waals surface area contributed by atoms with Gasteiger partial charge in [-0.3, -0.25) is 0 Å². The average molecular weight is 372 g/mol. The van der Waals surface area contributed by atoms with E-state index in [-0.39, 0.29) is 6.09 Å². The van der Waals surface area contributed by atoms with Crippen molar-refractivity contribution in [2.75, 3.05) is 25.2 Å². The fourth-order valence-corrected chi connectivity index (χ4v) is 2.99. The van der Waals surface area contributed by atoms with Crippen molar-refractivity contribution in [3.8, 4) is 5.75 Å². The monoisotopic (exact) mass is 371 g/mol. The highest BCUT2D eigenvalue weighted by atomic mass is 35.5. The van der Waals surface area contributed by atoms with E-state index in [1.165, 1.54) is 0 Å². The molecule has 2 unspecified atom stereocenters. The summed E-state index contributed by atoms with van der Waals surface area (Å²) in [6.07, 6.45) is 2.72. The first kappa shape index (κ1) is 19.3. The highest BCUT2D eigenvalue weighted by molar-refractivity contribution is 7.98. The van der Waals surface area contributed by atoms with E-state index in [0.717, 1.165) is 23.5 Å². The molecule has 0 bridgehead atoms. The smallest absolute Gasteiger partial charge is 0.407 e. The molecule has 6 heteroatoms. The summed E-state index contributed by atoms with van der Waals surface area (Å²) in [5, 5.41) is 3.56.